The van der Waals surface area contributed by atoms with Crippen molar-refractivity contribution in [3.05, 3.63) is 46.5 Å². The highest BCUT2D eigenvalue weighted by atomic mass is 32.1. The molecule has 2 rings (SSSR count). The summed E-state index contributed by atoms with van der Waals surface area (Å²) < 4.78 is 0. The molecule has 15 heavy (non-hydrogen) atoms. The number of nitrogens with one attached hydrogen (secondary N) is 1. The van der Waals surface area contributed by atoms with Crippen molar-refractivity contribution in [2.75, 3.05) is 12.4 Å². The van der Waals surface area contributed by atoms with Crippen LogP contribution in [0.25, 0.3) is 0 Å². The van der Waals surface area contributed by atoms with Crippen LogP contribution in [0.2, 0.25) is 0 Å². The van der Waals surface area contributed by atoms with E-state index in [9.17, 15) is 0 Å². The molecule has 0 spiro atoms. The van der Waals surface area contributed by atoms with Crippen LogP contribution in [-0.4, -0.2) is 12.0 Å². The molecule has 1 N–H and O–H groups in total. The Kier molecular flexibility index (Phi) is 3.02. The highest BCUT2D eigenvalue weighted by Crippen LogP contribution is 2.18. The minimum Gasteiger partial charge on any atom is -0.365 e. The summed E-state index contributed by atoms with van der Waals surface area (Å²) in [6, 6.07) is 8.45. The number of hydrogen-bond acceptors (Lipinski definition) is 3. The number of thiazole rings is 1. The standard InChI is InChI=1S/C12H14N2S/c1-9-5-3-4-6-10(9)7-11-8-15-12(13-2)14-11/h3-6,8H,7H2,1-2H3,(H,13,14). The zero-order valence-corrected chi connectivity index (χ0v) is 9.77. The average Bonchev–Trinajstić information content (AvgIpc) is 2.69. The van der Waals surface area contributed by atoms with Crippen LogP contribution in [0, 0.1) is 6.92 Å². The second-order valence-corrected chi connectivity index (χ2v) is 4.36. The minimum atomic E-state index is 0.921. The van der Waals surface area contributed by atoms with Gasteiger partial charge in [0.2, 0.25) is 0 Å². The van der Waals surface area contributed by atoms with Gasteiger partial charge in [0.05, 0.1) is 5.69 Å². The van der Waals surface area contributed by atoms with E-state index < -0.39 is 0 Å². The normalized spacial score (nSPS) is 10.3. The van der Waals surface area contributed by atoms with E-state index in [1.54, 1.807) is 11.3 Å². The molecule has 0 amide bonds. The zero-order chi connectivity index (χ0) is 10.7. The van der Waals surface area contributed by atoms with Crippen LogP contribution in [-0.2, 0) is 6.42 Å². The lowest BCUT2D eigenvalue weighted by atomic mass is 10.1. The lowest BCUT2D eigenvalue weighted by Crippen LogP contribution is -1.92. The van der Waals surface area contributed by atoms with E-state index in [4.69, 9.17) is 0 Å². The predicted octanol–water partition coefficient (Wildman–Crippen LogP) is 3.08. The largest absolute Gasteiger partial charge is 0.365 e. The van der Waals surface area contributed by atoms with Gasteiger partial charge in [0, 0.05) is 18.8 Å². The summed E-state index contributed by atoms with van der Waals surface area (Å²) in [7, 11) is 1.90. The van der Waals surface area contributed by atoms with Crippen molar-refractivity contribution in [3.8, 4) is 0 Å². The highest BCUT2D eigenvalue weighted by Gasteiger charge is 2.03. The number of rotatable bonds is 3. The van der Waals surface area contributed by atoms with Crippen LogP contribution >= 0.6 is 11.3 Å². The Balaban J connectivity index is 2.18. The monoisotopic (exact) mass is 218 g/mol. The molecule has 0 bridgehead atoms. The first-order valence-corrected chi connectivity index (χ1v) is 5.84. The van der Waals surface area contributed by atoms with Gasteiger partial charge in [-0.3, -0.25) is 0 Å². The Morgan fingerprint density at radius 1 is 1.33 bits per heavy atom. The molecule has 0 fully saturated rings. The van der Waals surface area contributed by atoms with Gasteiger partial charge in [0.1, 0.15) is 0 Å². The van der Waals surface area contributed by atoms with Gasteiger partial charge in [-0.25, -0.2) is 4.98 Å². The van der Waals surface area contributed by atoms with Crippen LogP contribution in [0.3, 0.4) is 0 Å². The third-order valence-corrected chi connectivity index (χ3v) is 3.31. The number of anilines is 1. The quantitative estimate of drug-likeness (QED) is 0.856. The molecule has 0 aliphatic heterocycles. The average molecular weight is 218 g/mol. The van der Waals surface area contributed by atoms with Crippen LogP contribution in [0.5, 0.6) is 0 Å². The van der Waals surface area contributed by atoms with Gasteiger partial charge in [-0.1, -0.05) is 24.3 Å². The van der Waals surface area contributed by atoms with E-state index in [0.29, 0.717) is 0 Å². The van der Waals surface area contributed by atoms with Crippen molar-refractivity contribution in [2.24, 2.45) is 0 Å². The SMILES string of the molecule is CNc1nc(Cc2ccccc2C)cs1. The highest BCUT2D eigenvalue weighted by molar-refractivity contribution is 7.13. The second-order valence-electron chi connectivity index (χ2n) is 3.50. The predicted molar refractivity (Wildman–Crippen MR) is 65.6 cm³/mol. The molecule has 0 saturated heterocycles. The van der Waals surface area contributed by atoms with Crippen LogP contribution < -0.4 is 5.32 Å². The fraction of sp³-hybridized carbons (Fsp3) is 0.250. The summed E-state index contributed by atoms with van der Waals surface area (Å²) in [6.07, 6.45) is 0.921. The number of hydrogen-bond donors (Lipinski definition) is 1. The first-order valence-electron chi connectivity index (χ1n) is 4.96. The summed E-state index contributed by atoms with van der Waals surface area (Å²) in [4.78, 5) is 4.47. The number of aromatic nitrogens is 1. The topological polar surface area (TPSA) is 24.9 Å². The Bertz CT molecular complexity index is 448. The first kappa shape index (κ1) is 10.2. The van der Waals surface area contributed by atoms with Gasteiger partial charge in [0.15, 0.2) is 5.13 Å². The summed E-state index contributed by atoms with van der Waals surface area (Å²) in [6.45, 7) is 2.14. The lowest BCUT2D eigenvalue weighted by Gasteiger charge is -2.02. The van der Waals surface area contributed by atoms with Gasteiger partial charge in [0.25, 0.3) is 0 Å². The van der Waals surface area contributed by atoms with Crippen molar-refractivity contribution in [1.29, 1.82) is 0 Å². The maximum absolute atomic E-state index is 4.47. The molecule has 0 radical (unpaired) electrons. The first-order chi connectivity index (χ1) is 7.29. The van der Waals surface area contributed by atoms with Crippen LogP contribution in [0.1, 0.15) is 16.8 Å². The van der Waals surface area contributed by atoms with Gasteiger partial charge < -0.3 is 5.32 Å². The Labute approximate surface area is 94.0 Å². The molecule has 2 nitrogen and oxygen atoms in total. The summed E-state index contributed by atoms with van der Waals surface area (Å²) >= 11 is 1.65. The Morgan fingerprint density at radius 3 is 2.80 bits per heavy atom. The second kappa shape index (κ2) is 4.45. The van der Waals surface area contributed by atoms with Crippen molar-refractivity contribution >= 4 is 16.5 Å². The van der Waals surface area contributed by atoms with E-state index >= 15 is 0 Å². The maximum Gasteiger partial charge on any atom is 0.182 e. The molecule has 1 heterocycles. The van der Waals surface area contributed by atoms with Gasteiger partial charge in [-0.05, 0) is 18.1 Å². The third kappa shape index (κ3) is 2.36. The van der Waals surface area contributed by atoms with Gasteiger partial charge in [-0.2, -0.15) is 0 Å². The maximum atomic E-state index is 4.47. The van der Waals surface area contributed by atoms with Crippen LogP contribution in [0.4, 0.5) is 5.13 Å². The molecule has 0 saturated carbocycles. The van der Waals surface area contributed by atoms with Crippen molar-refractivity contribution < 1.29 is 0 Å². The van der Waals surface area contributed by atoms with Crippen molar-refractivity contribution in [1.82, 2.24) is 4.98 Å². The van der Waals surface area contributed by atoms with E-state index in [1.165, 1.54) is 11.1 Å². The summed E-state index contributed by atoms with van der Waals surface area (Å²) in [5.74, 6) is 0. The molecule has 2 aromatic rings. The number of nitrogens with zero attached hydrogens (tertiary/aromatic N) is 1. The van der Waals surface area contributed by atoms with E-state index in [0.717, 1.165) is 17.2 Å². The molecule has 0 unspecified atom stereocenters. The molecule has 1 aromatic carbocycles. The fourth-order valence-corrected chi connectivity index (χ4v) is 2.18. The van der Waals surface area contributed by atoms with E-state index in [1.807, 2.05) is 7.05 Å². The van der Waals surface area contributed by atoms with Gasteiger partial charge in [-0.15, -0.1) is 11.3 Å². The van der Waals surface area contributed by atoms with Crippen LogP contribution in [0.15, 0.2) is 29.6 Å². The van der Waals surface area contributed by atoms with Crippen molar-refractivity contribution in [3.63, 3.8) is 0 Å². The molecule has 1 aromatic heterocycles. The van der Waals surface area contributed by atoms with Crippen molar-refractivity contribution in [2.45, 2.75) is 13.3 Å². The molecule has 78 valence electrons. The Hall–Kier alpha value is -1.35. The molecule has 3 heteroatoms. The minimum absolute atomic E-state index is 0.921. The van der Waals surface area contributed by atoms with E-state index in [2.05, 4.69) is 46.9 Å². The Morgan fingerprint density at radius 2 is 2.13 bits per heavy atom. The molecular weight excluding hydrogens is 204 g/mol. The third-order valence-electron chi connectivity index (χ3n) is 2.40. The van der Waals surface area contributed by atoms with E-state index in [-0.39, 0.29) is 0 Å². The number of benzene rings is 1. The summed E-state index contributed by atoms with van der Waals surface area (Å²) in [5.41, 5.74) is 3.82. The van der Waals surface area contributed by atoms with Gasteiger partial charge >= 0.3 is 0 Å². The molecule has 0 aliphatic carbocycles. The molecular formula is C12H14N2S. The fourth-order valence-electron chi connectivity index (χ4n) is 1.51. The molecule has 0 atom stereocenters. The lowest BCUT2D eigenvalue weighted by molar-refractivity contribution is 1.09. The summed E-state index contributed by atoms with van der Waals surface area (Å²) in [5, 5.41) is 6.15. The molecule has 0 aliphatic rings. The zero-order valence-electron chi connectivity index (χ0n) is 8.95. The smallest absolute Gasteiger partial charge is 0.182 e. The number of aryl methyl sites for hydroxylation is 1.